The fourth-order valence-electron chi connectivity index (χ4n) is 19.7. The van der Waals surface area contributed by atoms with Crippen LogP contribution in [-0.2, 0) is 14.2 Å². The summed E-state index contributed by atoms with van der Waals surface area (Å²) in [6.45, 7) is 3.43. The predicted octanol–water partition coefficient (Wildman–Crippen LogP) is 6.41. The number of aromatic hydroxyl groups is 2. The van der Waals surface area contributed by atoms with E-state index < -0.39 is 65.6 Å². The van der Waals surface area contributed by atoms with Crippen LogP contribution < -0.4 is 15.6 Å². The third-order valence-corrected chi connectivity index (χ3v) is 22.1. The first-order chi connectivity index (χ1) is 34.0. The van der Waals surface area contributed by atoms with E-state index in [1.807, 2.05) is 0 Å². The molecule has 3 saturated heterocycles. The van der Waals surface area contributed by atoms with E-state index in [2.05, 4.69) is 16.9 Å². The fraction of sp³-hybridized carbons (Fsp3) is 0.714. The van der Waals surface area contributed by atoms with Gasteiger partial charge in [0.25, 0.3) is 0 Å². The lowest BCUT2D eigenvalue weighted by Crippen LogP contribution is -2.81. The molecule has 13 rings (SSSR count). The Morgan fingerprint density at radius 2 is 1.73 bits per heavy atom. The Hall–Kier alpha value is -3.64. The number of hydrazine groups is 1. The molecule has 0 radical (unpaired) electrons. The minimum absolute atomic E-state index is 0.0238. The smallest absolute Gasteiger partial charge is 0.335 e. The highest BCUT2D eigenvalue weighted by atomic mass is 16.7. The summed E-state index contributed by atoms with van der Waals surface area (Å²) in [7, 11) is 0. The zero-order valence-electron chi connectivity index (χ0n) is 41.2. The topological polar surface area (TPSA) is 237 Å². The molecule has 4 heterocycles. The first-order valence-electron chi connectivity index (χ1n) is 26.9. The first kappa shape index (κ1) is 47.1. The number of allylic oxidation sites excluding steroid dienone is 1. The molecule has 9 N–H and O–H groups in total. The van der Waals surface area contributed by atoms with Gasteiger partial charge in [-0.2, -0.15) is 0 Å². The second kappa shape index (κ2) is 15.9. The molecule has 2 aromatic rings. The molecular formula is C56H72N2O13. The van der Waals surface area contributed by atoms with Gasteiger partial charge in [0.2, 0.25) is 6.29 Å². The number of hydrogen-bond donors (Lipinski definition) is 9. The van der Waals surface area contributed by atoms with Crippen molar-refractivity contribution in [3.05, 3.63) is 51.6 Å². The largest absolute Gasteiger partial charge is 0.507 e. The number of fused-ring (bicyclic) bond motifs is 3. The number of ether oxygens (including phenoxy) is 4. The average molecular weight is 981 g/mol. The van der Waals surface area contributed by atoms with Gasteiger partial charge < -0.3 is 54.7 Å². The molecule has 14 atom stereocenters. The Kier molecular flexibility index (Phi) is 10.6. The highest BCUT2D eigenvalue weighted by Crippen LogP contribution is 2.79. The zero-order chi connectivity index (χ0) is 49.3. The maximum atomic E-state index is 12.8. The number of aromatic carboxylic acids is 1. The number of aliphatic hydroxyl groups excluding tert-OH is 4. The van der Waals surface area contributed by atoms with Gasteiger partial charge in [-0.25, -0.2) is 4.79 Å². The number of carbonyl (C=O) groups excluding carboxylic acids is 1. The third-order valence-electron chi connectivity index (χ3n) is 22.1. The second-order valence-electron chi connectivity index (χ2n) is 25.0. The number of carboxylic acid groups (broad SMARTS) is 1. The molecular weight excluding hydrogens is 909 g/mol. The number of aliphatic hydroxyl groups is 4. The molecule has 0 aromatic heterocycles. The molecule has 9 fully saturated rings. The molecule has 2 aromatic carbocycles. The predicted molar refractivity (Wildman–Crippen MR) is 258 cm³/mol. The molecule has 384 valence electrons. The van der Waals surface area contributed by atoms with Crippen LogP contribution in [-0.4, -0.2) is 122 Å². The lowest BCUT2D eigenvalue weighted by molar-refractivity contribution is -0.327. The number of ketones is 1. The Morgan fingerprint density at radius 1 is 0.930 bits per heavy atom. The van der Waals surface area contributed by atoms with Gasteiger partial charge in [-0.3, -0.25) is 15.6 Å². The van der Waals surface area contributed by atoms with E-state index in [9.17, 15) is 45.3 Å². The number of carboxylic acids is 1. The van der Waals surface area contributed by atoms with Gasteiger partial charge in [-0.05, 0) is 173 Å². The number of rotatable bonds is 8. The van der Waals surface area contributed by atoms with Gasteiger partial charge in [-0.15, -0.1) is 0 Å². The SMILES string of the molecule is CC(=O)c1c(C)c(O)c2cc(C(=O)O)cc(OC3OC(CO)C4(CC5C6=C(CC=C6C6(CCCO)COCC7CC89CC5(NNC8CC5(CCCC58CCC5(CCCC5)C8)C9)C76)CO4)C(O)C3O)c2c1O. The van der Waals surface area contributed by atoms with E-state index in [-0.39, 0.29) is 92.9 Å². The van der Waals surface area contributed by atoms with Gasteiger partial charge in [0, 0.05) is 47.1 Å². The van der Waals surface area contributed by atoms with Crippen LogP contribution in [0.2, 0.25) is 0 Å². The monoisotopic (exact) mass is 981 g/mol. The fourth-order valence-corrected chi connectivity index (χ4v) is 19.7. The van der Waals surface area contributed by atoms with E-state index >= 15 is 0 Å². The number of phenols is 2. The summed E-state index contributed by atoms with van der Waals surface area (Å²) in [5, 5.41) is 79.9. The first-order valence-corrected chi connectivity index (χ1v) is 26.9. The van der Waals surface area contributed by atoms with Crippen molar-refractivity contribution in [3.8, 4) is 17.2 Å². The van der Waals surface area contributed by atoms with Crippen molar-refractivity contribution in [1.82, 2.24) is 10.9 Å². The second-order valence-corrected chi connectivity index (χ2v) is 25.0. The van der Waals surface area contributed by atoms with Gasteiger partial charge in [-0.1, -0.05) is 25.3 Å². The molecule has 6 saturated carbocycles. The van der Waals surface area contributed by atoms with Gasteiger partial charge in [0.1, 0.15) is 41.2 Å². The van der Waals surface area contributed by atoms with Crippen molar-refractivity contribution in [1.29, 1.82) is 0 Å². The summed E-state index contributed by atoms with van der Waals surface area (Å²) in [6.07, 6.45) is 16.0. The molecule has 15 nitrogen and oxygen atoms in total. The molecule has 7 aliphatic carbocycles. The van der Waals surface area contributed by atoms with Gasteiger partial charge in [0.15, 0.2) is 5.78 Å². The maximum absolute atomic E-state index is 12.8. The average Bonchev–Trinajstić information content (AvgIpc) is 4.18. The Balaban J connectivity index is 0.894. The highest BCUT2D eigenvalue weighted by Gasteiger charge is 2.77. The van der Waals surface area contributed by atoms with E-state index in [0.717, 1.165) is 37.0 Å². The third kappa shape index (κ3) is 6.15. The van der Waals surface area contributed by atoms with Crippen molar-refractivity contribution >= 4 is 22.5 Å². The van der Waals surface area contributed by atoms with Crippen molar-refractivity contribution in [2.45, 2.75) is 171 Å². The number of benzene rings is 2. The zero-order valence-corrected chi connectivity index (χ0v) is 41.2. The number of Topliss-reactive ketones (excluding diaryl/α,β-unsaturated/α-hetero) is 1. The molecule has 2 bridgehead atoms. The van der Waals surface area contributed by atoms with E-state index in [0.29, 0.717) is 36.9 Å². The van der Waals surface area contributed by atoms with Crippen molar-refractivity contribution < 1.29 is 64.3 Å². The minimum atomic E-state index is -1.82. The summed E-state index contributed by atoms with van der Waals surface area (Å²) in [5.41, 5.74) is 9.94. The molecule has 14 unspecified atom stereocenters. The Bertz CT molecular complexity index is 2680. The summed E-state index contributed by atoms with van der Waals surface area (Å²) in [6, 6.07) is 2.55. The van der Waals surface area contributed by atoms with Crippen LogP contribution in [0.4, 0.5) is 0 Å². The van der Waals surface area contributed by atoms with Crippen molar-refractivity contribution in [2.75, 3.05) is 33.0 Å². The van der Waals surface area contributed by atoms with Crippen molar-refractivity contribution in [2.24, 2.45) is 44.8 Å². The summed E-state index contributed by atoms with van der Waals surface area (Å²) >= 11 is 0. The van der Waals surface area contributed by atoms with E-state index in [1.54, 1.807) is 0 Å². The van der Waals surface area contributed by atoms with Crippen LogP contribution in [0.5, 0.6) is 17.2 Å². The summed E-state index contributed by atoms with van der Waals surface area (Å²) < 4.78 is 26.7. The summed E-state index contributed by atoms with van der Waals surface area (Å²) in [4.78, 5) is 25.2. The lowest BCUT2D eigenvalue weighted by atomic mass is 9.39. The van der Waals surface area contributed by atoms with Crippen LogP contribution >= 0.6 is 0 Å². The molecule has 0 amide bonds. The van der Waals surface area contributed by atoms with Crippen LogP contribution in [0.25, 0.3) is 10.8 Å². The molecule has 11 aliphatic rings. The molecule has 4 aliphatic heterocycles. The quantitative estimate of drug-likeness (QED) is 0.103. The van der Waals surface area contributed by atoms with Crippen LogP contribution in [0.1, 0.15) is 149 Å². The minimum Gasteiger partial charge on any atom is -0.507 e. The van der Waals surface area contributed by atoms with Crippen LogP contribution in [0.3, 0.4) is 0 Å². The highest BCUT2D eigenvalue weighted by molar-refractivity contribution is 6.11. The number of phenolic OH excluding ortho intramolecular Hbond substituents is 2. The van der Waals surface area contributed by atoms with Crippen LogP contribution in [0, 0.1) is 51.8 Å². The Labute approximate surface area is 414 Å². The Morgan fingerprint density at radius 3 is 2.49 bits per heavy atom. The molecule has 6 spiro atoms. The number of carbonyl (C=O) groups is 2. The molecule has 71 heavy (non-hydrogen) atoms. The van der Waals surface area contributed by atoms with Crippen LogP contribution in [0.15, 0.2) is 34.9 Å². The van der Waals surface area contributed by atoms with Gasteiger partial charge in [0.05, 0.1) is 36.3 Å². The number of nitrogens with one attached hydrogen (secondary N) is 2. The van der Waals surface area contributed by atoms with E-state index in [4.69, 9.17) is 18.9 Å². The number of hydrogen-bond acceptors (Lipinski definition) is 14. The maximum Gasteiger partial charge on any atom is 0.335 e. The van der Waals surface area contributed by atoms with Gasteiger partial charge >= 0.3 is 5.97 Å². The van der Waals surface area contributed by atoms with E-state index in [1.165, 1.54) is 102 Å². The normalized spacial score (nSPS) is 43.5. The molecule has 15 heteroatoms. The lowest BCUT2D eigenvalue weighted by Gasteiger charge is -2.72. The standard InChI is InChI=1S/C56H72N2O13/c1-29-40(30(2)61)44(63)42-34(43(29)62)17-32(48(66)67)18-37(42)70-49-45(64)47(65)56(39(22-60)71-49)20-36-41-31(24-69-56)7-8-35(41)54(13-6-16-59)28-68-23-33-19-51-26-53(21-38(51)57-58-55(36,27-51)46(33)54)12-5-11-52(53)15-14-50(25-52)9-3-4-10-50/h8,17-18,33,36,38-39,45-47,49,57-60,62-65H,3-7,9-16,19-28H2,1-2H3,(H,66,67). The summed E-state index contributed by atoms with van der Waals surface area (Å²) in [5.74, 6) is -3.15. The van der Waals surface area contributed by atoms with Crippen molar-refractivity contribution in [3.63, 3.8) is 0 Å².